The average Bonchev–Trinajstić information content (AvgIpc) is 2.45. The quantitative estimate of drug-likeness (QED) is 0.527. The number of halogens is 10. The van der Waals surface area contributed by atoms with Gasteiger partial charge in [-0.15, -0.1) is 0 Å². The molecule has 0 bridgehead atoms. The van der Waals surface area contributed by atoms with E-state index in [1.54, 1.807) is 0 Å². The molecule has 0 saturated heterocycles. The van der Waals surface area contributed by atoms with E-state index in [2.05, 4.69) is 0 Å². The van der Waals surface area contributed by atoms with Gasteiger partial charge >= 0.3 is 30.1 Å². The number of hydrogen-bond acceptors (Lipinski definition) is 2. The summed E-state index contributed by atoms with van der Waals surface area (Å²) in [5.41, 5.74) is -0.918. The van der Waals surface area contributed by atoms with Gasteiger partial charge in [-0.05, 0) is 17.7 Å². The summed E-state index contributed by atoms with van der Waals surface area (Å²) in [5.74, 6) is -26.6. The molecule has 1 rings (SSSR count). The fraction of sp³-hybridized carbons (Fsp3) is 0.500. The van der Waals surface area contributed by atoms with Gasteiger partial charge in [-0.2, -0.15) is 43.5 Å². The molecule has 3 nitrogen and oxygen atoms in total. The van der Waals surface area contributed by atoms with Crippen LogP contribution in [0.2, 0.25) is 0 Å². The van der Waals surface area contributed by atoms with Gasteiger partial charge in [0.05, 0.1) is 4.90 Å². The Morgan fingerprint density at radius 3 is 1.62 bits per heavy atom. The molecule has 150 valence electrons. The largest absolute Gasteiger partial charge is 0.384 e. The van der Waals surface area contributed by atoms with E-state index >= 15 is 0 Å². The maximum atomic E-state index is 13.5. The Morgan fingerprint density at radius 1 is 0.846 bits per heavy atom. The third kappa shape index (κ3) is 3.75. The van der Waals surface area contributed by atoms with E-state index in [0.717, 1.165) is 0 Å². The van der Waals surface area contributed by atoms with Gasteiger partial charge in [0, 0.05) is 6.42 Å². The minimum Gasteiger partial charge on any atom is -0.282 e. The molecule has 0 saturated carbocycles. The lowest BCUT2D eigenvalue weighted by atomic mass is 9.94. The van der Waals surface area contributed by atoms with Gasteiger partial charge < -0.3 is 0 Å². The number of rotatable bonds is 7. The standard InChI is InChI=1S/C12H8F10O3S/c13-8(14)10(17,18)12(21,22)11(19,20)9(15,16)5-6-1-3-7(4-2-6)26(23,24)25/h1-4,8H,5H2,(H,23,24,25). The third-order valence-corrected chi connectivity index (χ3v) is 4.06. The first-order valence-corrected chi connectivity index (χ1v) is 7.68. The first-order chi connectivity index (χ1) is 11.4. The molecule has 0 aliphatic rings. The normalized spacial score (nSPS) is 14.8. The molecule has 26 heavy (non-hydrogen) atoms. The average molecular weight is 422 g/mol. The first kappa shape index (κ1) is 22.5. The van der Waals surface area contributed by atoms with E-state index in [1.165, 1.54) is 0 Å². The molecule has 0 aliphatic carbocycles. The van der Waals surface area contributed by atoms with Gasteiger partial charge in [0.2, 0.25) is 0 Å². The smallest absolute Gasteiger partial charge is 0.282 e. The van der Waals surface area contributed by atoms with Crippen LogP contribution in [0.1, 0.15) is 5.56 Å². The molecule has 0 spiro atoms. The number of benzene rings is 1. The molecule has 0 radical (unpaired) electrons. The highest BCUT2D eigenvalue weighted by Gasteiger charge is 2.82. The van der Waals surface area contributed by atoms with E-state index in [9.17, 15) is 52.3 Å². The van der Waals surface area contributed by atoms with Gasteiger partial charge in [-0.1, -0.05) is 12.1 Å². The predicted octanol–water partition coefficient (Wildman–Crippen LogP) is 4.28. The fourth-order valence-corrected chi connectivity index (χ4v) is 2.20. The van der Waals surface area contributed by atoms with E-state index < -0.39 is 57.1 Å². The topological polar surface area (TPSA) is 54.4 Å². The Hall–Kier alpha value is -1.57. The zero-order chi connectivity index (χ0) is 20.8. The van der Waals surface area contributed by atoms with Gasteiger partial charge in [-0.3, -0.25) is 4.55 Å². The summed E-state index contributed by atoms with van der Waals surface area (Å²) >= 11 is 0. The second-order valence-electron chi connectivity index (χ2n) is 5.07. The van der Waals surface area contributed by atoms with Gasteiger partial charge in [0.25, 0.3) is 10.1 Å². The molecule has 0 amide bonds. The van der Waals surface area contributed by atoms with Crippen molar-refractivity contribution in [2.45, 2.75) is 41.4 Å². The highest BCUT2D eigenvalue weighted by atomic mass is 32.2. The predicted molar refractivity (Wildman–Crippen MR) is 65.8 cm³/mol. The molecule has 1 aromatic carbocycles. The molecule has 1 N–H and O–H groups in total. The van der Waals surface area contributed by atoms with E-state index in [1.807, 2.05) is 0 Å². The van der Waals surface area contributed by atoms with Gasteiger partial charge in [0.1, 0.15) is 0 Å². The SMILES string of the molecule is O=S(=O)(O)c1ccc(CC(F)(F)C(F)(F)C(F)(F)C(F)(F)C(F)F)cc1. The fourth-order valence-electron chi connectivity index (χ4n) is 1.72. The molecule has 14 heteroatoms. The third-order valence-electron chi connectivity index (χ3n) is 3.19. The monoisotopic (exact) mass is 422 g/mol. The maximum absolute atomic E-state index is 13.5. The Bertz CT molecular complexity index is 743. The highest BCUT2D eigenvalue weighted by molar-refractivity contribution is 7.85. The van der Waals surface area contributed by atoms with Crippen molar-refractivity contribution in [3.63, 3.8) is 0 Å². The van der Waals surface area contributed by atoms with Crippen LogP contribution < -0.4 is 0 Å². The second-order valence-corrected chi connectivity index (χ2v) is 6.49. The molecule has 0 unspecified atom stereocenters. The molecule has 0 aliphatic heterocycles. The number of hydrogen-bond donors (Lipinski definition) is 1. The zero-order valence-corrected chi connectivity index (χ0v) is 12.9. The van der Waals surface area contributed by atoms with Crippen LogP contribution in [-0.2, 0) is 16.5 Å². The van der Waals surface area contributed by atoms with E-state index in [4.69, 9.17) is 4.55 Å². The summed E-state index contributed by atoms with van der Waals surface area (Å²) in [4.78, 5) is -0.856. The maximum Gasteiger partial charge on any atom is 0.384 e. The van der Waals surface area contributed by atoms with Crippen LogP contribution in [0.4, 0.5) is 43.9 Å². The summed E-state index contributed by atoms with van der Waals surface area (Å²) in [5, 5.41) is 0. The van der Waals surface area contributed by atoms with Crippen molar-refractivity contribution in [3.05, 3.63) is 29.8 Å². The number of alkyl halides is 10. The molecular weight excluding hydrogens is 414 g/mol. The summed E-state index contributed by atoms with van der Waals surface area (Å²) in [6.07, 6.45) is -7.64. The molecule has 0 aromatic heterocycles. The van der Waals surface area contributed by atoms with Gasteiger partial charge in [-0.25, -0.2) is 8.78 Å². The molecule has 0 atom stereocenters. The molecule has 0 heterocycles. The van der Waals surface area contributed by atoms with Crippen molar-refractivity contribution in [1.82, 2.24) is 0 Å². The second kappa shape index (κ2) is 6.55. The van der Waals surface area contributed by atoms with Crippen molar-refractivity contribution >= 4 is 10.1 Å². The Balaban J connectivity index is 3.23. The molecule has 1 aromatic rings. The Morgan fingerprint density at radius 2 is 1.27 bits per heavy atom. The minimum absolute atomic E-state index is 0.413. The van der Waals surface area contributed by atoms with Crippen LogP contribution in [0.3, 0.4) is 0 Å². The van der Waals surface area contributed by atoms with Crippen LogP contribution in [0.5, 0.6) is 0 Å². The lowest BCUT2D eigenvalue weighted by Gasteiger charge is -2.36. The zero-order valence-electron chi connectivity index (χ0n) is 12.0. The van der Waals surface area contributed by atoms with Crippen molar-refractivity contribution in [2.75, 3.05) is 0 Å². The lowest BCUT2D eigenvalue weighted by Crippen LogP contribution is -2.64. The molecule has 0 fully saturated rings. The summed E-state index contributed by atoms with van der Waals surface area (Å²) in [7, 11) is -4.78. The van der Waals surface area contributed by atoms with Crippen LogP contribution in [-0.4, -0.2) is 43.1 Å². The van der Waals surface area contributed by atoms with E-state index in [0.29, 0.717) is 24.3 Å². The van der Waals surface area contributed by atoms with Crippen molar-refractivity contribution in [2.24, 2.45) is 0 Å². The van der Waals surface area contributed by atoms with Crippen LogP contribution in [0.25, 0.3) is 0 Å². The van der Waals surface area contributed by atoms with Crippen molar-refractivity contribution < 1.29 is 56.9 Å². The Labute approximate surface area is 139 Å². The van der Waals surface area contributed by atoms with Crippen molar-refractivity contribution in [1.29, 1.82) is 0 Å². The summed E-state index contributed by atoms with van der Waals surface area (Å²) < 4.78 is 159. The lowest BCUT2D eigenvalue weighted by molar-refractivity contribution is -0.383. The van der Waals surface area contributed by atoms with E-state index in [-0.39, 0.29) is 0 Å². The first-order valence-electron chi connectivity index (χ1n) is 6.24. The highest BCUT2D eigenvalue weighted by Crippen LogP contribution is 2.54. The van der Waals surface area contributed by atoms with Crippen LogP contribution in [0, 0.1) is 0 Å². The summed E-state index contributed by atoms with van der Waals surface area (Å²) in [6.45, 7) is 0. The summed E-state index contributed by atoms with van der Waals surface area (Å²) in [6, 6.07) is 1.72. The molecular formula is C12H8F10O3S. The van der Waals surface area contributed by atoms with Crippen molar-refractivity contribution in [3.8, 4) is 0 Å². The van der Waals surface area contributed by atoms with Gasteiger partial charge in [0.15, 0.2) is 0 Å². The minimum atomic E-state index is -7.09. The Kier molecular flexibility index (Phi) is 5.66. The van der Waals surface area contributed by atoms with Crippen LogP contribution >= 0.6 is 0 Å². The van der Waals surface area contributed by atoms with Crippen LogP contribution in [0.15, 0.2) is 29.2 Å².